The molecule has 0 atom stereocenters. The summed E-state index contributed by atoms with van der Waals surface area (Å²) in [7, 11) is 0. The first-order chi connectivity index (χ1) is 14.5. The number of hydrogen-bond donors (Lipinski definition) is 0. The van der Waals surface area contributed by atoms with E-state index in [4.69, 9.17) is 4.74 Å². The Balaban J connectivity index is 1.57. The highest BCUT2D eigenvalue weighted by atomic mass is 79.9. The third kappa shape index (κ3) is 4.49. The first kappa shape index (κ1) is 20.0. The molecule has 0 aliphatic carbocycles. The smallest absolute Gasteiger partial charge is 0.282 e. The van der Waals surface area contributed by atoms with Crippen molar-refractivity contribution in [2.45, 2.75) is 20.5 Å². The maximum absolute atomic E-state index is 12.8. The van der Waals surface area contributed by atoms with Gasteiger partial charge in [-0.25, -0.2) is 4.98 Å². The Morgan fingerprint density at radius 1 is 1.07 bits per heavy atom. The van der Waals surface area contributed by atoms with Crippen LogP contribution in [0.5, 0.6) is 5.75 Å². The van der Waals surface area contributed by atoms with Crippen molar-refractivity contribution in [3.8, 4) is 5.75 Å². The Bertz CT molecular complexity index is 1310. The molecule has 0 bridgehead atoms. The zero-order chi connectivity index (χ0) is 21.1. The van der Waals surface area contributed by atoms with Crippen molar-refractivity contribution in [3.63, 3.8) is 0 Å². The lowest BCUT2D eigenvalue weighted by Crippen LogP contribution is -2.20. The van der Waals surface area contributed by atoms with Gasteiger partial charge < -0.3 is 4.74 Å². The normalized spacial score (nSPS) is 11.3. The second kappa shape index (κ2) is 8.63. The number of fused-ring (bicyclic) bond motifs is 1. The third-order valence-electron chi connectivity index (χ3n) is 4.64. The number of hydrogen-bond acceptors (Lipinski definition) is 4. The summed E-state index contributed by atoms with van der Waals surface area (Å²) in [6, 6.07) is 21.3. The minimum atomic E-state index is -0.207. The van der Waals surface area contributed by atoms with E-state index in [2.05, 4.69) is 45.1 Å². The average Bonchev–Trinajstić information content (AvgIpc) is 2.73. The van der Waals surface area contributed by atoms with Crippen molar-refractivity contribution >= 4 is 33.0 Å². The molecule has 0 saturated carbocycles. The summed E-state index contributed by atoms with van der Waals surface area (Å²) in [5, 5.41) is 4.89. The number of aromatic nitrogens is 2. The molecule has 4 aromatic rings. The molecule has 0 aliphatic rings. The zero-order valence-electron chi connectivity index (χ0n) is 16.7. The van der Waals surface area contributed by atoms with Crippen molar-refractivity contribution in [2.75, 3.05) is 0 Å². The molecule has 6 heteroatoms. The summed E-state index contributed by atoms with van der Waals surface area (Å²) in [5.74, 6) is 1.27. The van der Waals surface area contributed by atoms with Gasteiger partial charge >= 0.3 is 0 Å². The lowest BCUT2D eigenvalue weighted by molar-refractivity contribution is 0.306. The molecule has 0 fully saturated rings. The highest BCUT2D eigenvalue weighted by Crippen LogP contribution is 2.17. The van der Waals surface area contributed by atoms with Crippen LogP contribution in [0.1, 0.15) is 22.5 Å². The van der Waals surface area contributed by atoms with Gasteiger partial charge in [-0.15, -0.1) is 0 Å². The molecular formula is C24H20BrN3O2. The molecule has 3 aromatic carbocycles. The SMILES string of the molecule is Cc1cccc(COc2cccc(C=Nn3c(C)nc4ccc(Br)cc4c3=O)c2)c1. The summed E-state index contributed by atoms with van der Waals surface area (Å²) < 4.78 is 8.05. The standard InChI is InChI=1S/C24H20BrN3O2/c1-16-5-3-7-19(11-16)15-30-21-8-4-6-18(12-21)14-26-28-17(2)27-23-10-9-20(25)13-22(23)24(28)29/h3-14H,15H2,1-2H3. The molecule has 0 amide bonds. The van der Waals surface area contributed by atoms with E-state index in [0.29, 0.717) is 23.3 Å². The minimum Gasteiger partial charge on any atom is -0.489 e. The van der Waals surface area contributed by atoms with Gasteiger partial charge in [-0.1, -0.05) is 57.9 Å². The van der Waals surface area contributed by atoms with Gasteiger partial charge in [0, 0.05) is 4.47 Å². The van der Waals surface area contributed by atoms with Crippen LogP contribution in [0.15, 0.2) is 81.1 Å². The molecule has 1 aromatic heterocycles. The summed E-state index contributed by atoms with van der Waals surface area (Å²) in [5.41, 5.74) is 3.59. The number of benzene rings is 3. The molecule has 5 nitrogen and oxygen atoms in total. The molecule has 0 spiro atoms. The van der Waals surface area contributed by atoms with E-state index in [9.17, 15) is 4.79 Å². The van der Waals surface area contributed by atoms with Crippen LogP contribution < -0.4 is 10.3 Å². The van der Waals surface area contributed by atoms with E-state index < -0.39 is 0 Å². The van der Waals surface area contributed by atoms with Crippen molar-refractivity contribution in [1.29, 1.82) is 0 Å². The van der Waals surface area contributed by atoms with Gasteiger partial charge in [0.05, 0.1) is 17.1 Å². The van der Waals surface area contributed by atoms with Crippen molar-refractivity contribution in [3.05, 3.63) is 104 Å². The van der Waals surface area contributed by atoms with Crippen LogP contribution in [-0.2, 0) is 6.61 Å². The predicted octanol–water partition coefficient (Wildman–Crippen LogP) is 5.24. The maximum Gasteiger partial charge on any atom is 0.282 e. The summed E-state index contributed by atoms with van der Waals surface area (Å²) in [6.07, 6.45) is 1.64. The van der Waals surface area contributed by atoms with Gasteiger partial charge in [-0.2, -0.15) is 9.78 Å². The second-order valence-corrected chi connectivity index (χ2v) is 7.95. The van der Waals surface area contributed by atoms with Gasteiger partial charge in [-0.05, 0) is 55.3 Å². The van der Waals surface area contributed by atoms with Gasteiger partial charge in [0.25, 0.3) is 5.56 Å². The predicted molar refractivity (Wildman–Crippen MR) is 123 cm³/mol. The molecule has 0 radical (unpaired) electrons. The molecule has 0 aliphatic heterocycles. The van der Waals surface area contributed by atoms with Crippen LogP contribution >= 0.6 is 15.9 Å². The highest BCUT2D eigenvalue weighted by molar-refractivity contribution is 9.10. The Labute approximate surface area is 182 Å². The largest absolute Gasteiger partial charge is 0.489 e. The quantitative estimate of drug-likeness (QED) is 0.382. The Kier molecular flexibility index (Phi) is 5.77. The topological polar surface area (TPSA) is 56.5 Å². The highest BCUT2D eigenvalue weighted by Gasteiger charge is 2.07. The Hall–Kier alpha value is -3.25. The second-order valence-electron chi connectivity index (χ2n) is 7.03. The van der Waals surface area contributed by atoms with Crippen molar-refractivity contribution < 1.29 is 4.74 Å². The molecule has 0 unspecified atom stereocenters. The van der Waals surface area contributed by atoms with Crippen LogP contribution in [0.3, 0.4) is 0 Å². The van der Waals surface area contributed by atoms with Crippen LogP contribution in [0.4, 0.5) is 0 Å². The van der Waals surface area contributed by atoms with E-state index >= 15 is 0 Å². The number of ether oxygens (including phenoxy) is 1. The first-order valence-corrected chi connectivity index (χ1v) is 10.3. The first-order valence-electron chi connectivity index (χ1n) is 9.51. The van der Waals surface area contributed by atoms with Gasteiger partial charge in [-0.3, -0.25) is 4.79 Å². The van der Waals surface area contributed by atoms with E-state index in [1.54, 1.807) is 19.2 Å². The van der Waals surface area contributed by atoms with Crippen LogP contribution in [0.2, 0.25) is 0 Å². The average molecular weight is 462 g/mol. The van der Waals surface area contributed by atoms with E-state index in [1.165, 1.54) is 10.2 Å². The van der Waals surface area contributed by atoms with E-state index in [-0.39, 0.29) is 5.56 Å². The molecule has 30 heavy (non-hydrogen) atoms. The molecule has 150 valence electrons. The van der Waals surface area contributed by atoms with Crippen molar-refractivity contribution in [2.24, 2.45) is 5.10 Å². The van der Waals surface area contributed by atoms with E-state index in [0.717, 1.165) is 21.3 Å². The summed E-state index contributed by atoms with van der Waals surface area (Å²) in [6.45, 7) is 4.32. The molecular weight excluding hydrogens is 442 g/mol. The molecule has 0 N–H and O–H groups in total. The zero-order valence-corrected chi connectivity index (χ0v) is 18.3. The summed E-state index contributed by atoms with van der Waals surface area (Å²) in [4.78, 5) is 17.3. The fraction of sp³-hybridized carbons (Fsp3) is 0.125. The number of nitrogens with zero attached hydrogens (tertiary/aromatic N) is 3. The monoisotopic (exact) mass is 461 g/mol. The van der Waals surface area contributed by atoms with Crippen molar-refractivity contribution in [1.82, 2.24) is 9.66 Å². The van der Waals surface area contributed by atoms with Gasteiger partial charge in [0.2, 0.25) is 0 Å². The molecule has 4 rings (SSSR count). The Morgan fingerprint density at radius 3 is 2.73 bits per heavy atom. The maximum atomic E-state index is 12.8. The lowest BCUT2D eigenvalue weighted by Gasteiger charge is -2.08. The minimum absolute atomic E-state index is 0.207. The number of aryl methyl sites for hydroxylation is 2. The molecule has 1 heterocycles. The van der Waals surface area contributed by atoms with Crippen LogP contribution in [-0.4, -0.2) is 15.9 Å². The fourth-order valence-corrected chi connectivity index (χ4v) is 3.53. The van der Waals surface area contributed by atoms with Crippen LogP contribution in [0.25, 0.3) is 10.9 Å². The number of halogens is 1. The van der Waals surface area contributed by atoms with Gasteiger partial charge in [0.1, 0.15) is 18.2 Å². The van der Waals surface area contributed by atoms with Crippen LogP contribution in [0, 0.1) is 13.8 Å². The van der Waals surface area contributed by atoms with Gasteiger partial charge in [0.15, 0.2) is 0 Å². The fourth-order valence-electron chi connectivity index (χ4n) is 3.17. The number of rotatable bonds is 5. The van der Waals surface area contributed by atoms with E-state index in [1.807, 2.05) is 48.5 Å². The third-order valence-corrected chi connectivity index (χ3v) is 5.13. The summed E-state index contributed by atoms with van der Waals surface area (Å²) >= 11 is 3.40. The Morgan fingerprint density at radius 2 is 1.90 bits per heavy atom. The molecule has 0 saturated heterocycles. The lowest BCUT2D eigenvalue weighted by atomic mass is 10.1.